The van der Waals surface area contributed by atoms with Gasteiger partial charge >= 0.3 is 0 Å². The number of furan rings is 1. The minimum absolute atomic E-state index is 0.0714. The molecule has 4 rings (SSSR count). The van der Waals surface area contributed by atoms with Crippen molar-refractivity contribution in [2.24, 2.45) is 0 Å². The van der Waals surface area contributed by atoms with Crippen molar-refractivity contribution < 1.29 is 13.9 Å². The lowest BCUT2D eigenvalue weighted by molar-refractivity contribution is 0.0992. The number of ether oxygens (including phenoxy) is 1. The lowest BCUT2D eigenvalue weighted by Crippen LogP contribution is -2.12. The Balaban J connectivity index is 1.39. The number of hydrogen-bond acceptors (Lipinski definition) is 4. The molecule has 1 amide bonds. The van der Waals surface area contributed by atoms with Gasteiger partial charge in [-0.25, -0.2) is 0 Å². The van der Waals surface area contributed by atoms with Crippen LogP contribution in [-0.2, 0) is 13.2 Å². The van der Waals surface area contributed by atoms with E-state index in [1.807, 2.05) is 0 Å². The second kappa shape index (κ2) is 10.3. The van der Waals surface area contributed by atoms with Gasteiger partial charge in [0.2, 0.25) is 0 Å². The number of hydrogen-bond donors (Lipinski definition) is 1. The molecule has 0 saturated carbocycles. The average molecular weight is 546 g/mol. The molecule has 4 aromatic rings. The van der Waals surface area contributed by atoms with E-state index in [2.05, 4.69) is 10.4 Å². The Kier molecular flexibility index (Phi) is 7.41. The van der Waals surface area contributed by atoms with Crippen LogP contribution in [0.15, 0.2) is 59.1 Å². The fourth-order valence-corrected chi connectivity index (χ4v) is 4.00. The second-order valence-corrected chi connectivity index (χ2v) is 8.94. The van der Waals surface area contributed by atoms with Gasteiger partial charge in [0.25, 0.3) is 5.91 Å². The summed E-state index contributed by atoms with van der Waals surface area (Å²) in [6.45, 7) is 0.424. The van der Waals surface area contributed by atoms with E-state index < -0.39 is 5.91 Å². The summed E-state index contributed by atoms with van der Waals surface area (Å²) in [6.07, 6.45) is 1.58. The average Bonchev–Trinajstić information content (AvgIpc) is 3.36. The topological polar surface area (TPSA) is 69.3 Å². The summed E-state index contributed by atoms with van der Waals surface area (Å²) in [5.41, 5.74) is 0.801. The van der Waals surface area contributed by atoms with E-state index in [9.17, 15) is 4.79 Å². The van der Waals surface area contributed by atoms with E-state index in [1.54, 1.807) is 53.3 Å². The Hall–Kier alpha value is -2.35. The minimum Gasteiger partial charge on any atom is -0.484 e. The number of rotatable bonds is 7. The van der Waals surface area contributed by atoms with Crippen molar-refractivity contribution in [3.05, 3.63) is 96.9 Å². The van der Waals surface area contributed by atoms with Crippen LogP contribution >= 0.6 is 58.0 Å². The molecule has 11 heteroatoms. The van der Waals surface area contributed by atoms with Crippen molar-refractivity contribution >= 4 is 69.7 Å². The molecular formula is C22H14Cl5N3O3. The van der Waals surface area contributed by atoms with Crippen LogP contribution in [0, 0.1) is 0 Å². The fourth-order valence-electron chi connectivity index (χ4n) is 2.88. The summed E-state index contributed by atoms with van der Waals surface area (Å²) in [7, 11) is 0. The van der Waals surface area contributed by atoms with Crippen LogP contribution in [0.5, 0.6) is 5.75 Å². The Morgan fingerprint density at radius 3 is 2.39 bits per heavy atom. The molecule has 0 unspecified atom stereocenters. The van der Waals surface area contributed by atoms with Gasteiger partial charge in [0.1, 0.15) is 23.1 Å². The Labute approximate surface area is 213 Å². The van der Waals surface area contributed by atoms with Crippen molar-refractivity contribution in [1.82, 2.24) is 9.78 Å². The number of anilines is 1. The van der Waals surface area contributed by atoms with Gasteiger partial charge in [-0.05, 0) is 48.0 Å². The Bertz CT molecular complexity index is 1320. The van der Waals surface area contributed by atoms with Gasteiger partial charge in [-0.3, -0.25) is 9.48 Å². The van der Waals surface area contributed by atoms with Crippen LogP contribution in [0.2, 0.25) is 25.1 Å². The van der Waals surface area contributed by atoms with E-state index in [0.717, 1.165) is 5.56 Å². The van der Waals surface area contributed by atoms with Crippen molar-refractivity contribution in [2.75, 3.05) is 5.32 Å². The van der Waals surface area contributed by atoms with Gasteiger partial charge in [0.05, 0.1) is 11.6 Å². The molecule has 0 bridgehead atoms. The predicted octanol–water partition coefficient (Wildman–Crippen LogP) is 7.62. The lowest BCUT2D eigenvalue weighted by atomic mass is 10.2. The third kappa shape index (κ3) is 5.96. The molecule has 2 aromatic heterocycles. The number of benzene rings is 2. The quantitative estimate of drug-likeness (QED) is 0.259. The highest BCUT2D eigenvalue weighted by atomic mass is 35.5. The molecular weight excluding hydrogens is 532 g/mol. The molecule has 2 heterocycles. The second-order valence-electron chi connectivity index (χ2n) is 6.84. The number of nitrogens with one attached hydrogen (secondary N) is 1. The normalized spacial score (nSPS) is 10.9. The molecule has 0 saturated heterocycles. The third-order valence-electron chi connectivity index (χ3n) is 4.45. The van der Waals surface area contributed by atoms with E-state index in [1.165, 1.54) is 6.07 Å². The SMILES string of the molecule is O=C(Nc1nn(Cc2ccc(Cl)cc2Cl)cc1Cl)c1ccc(COc2ccc(Cl)cc2Cl)o1. The van der Waals surface area contributed by atoms with Crippen LogP contribution in [-0.4, -0.2) is 15.7 Å². The van der Waals surface area contributed by atoms with Crippen molar-refractivity contribution in [3.63, 3.8) is 0 Å². The van der Waals surface area contributed by atoms with E-state index >= 15 is 0 Å². The van der Waals surface area contributed by atoms with Crippen LogP contribution in [0.3, 0.4) is 0 Å². The van der Waals surface area contributed by atoms with Gasteiger partial charge in [-0.2, -0.15) is 5.10 Å². The zero-order valence-electron chi connectivity index (χ0n) is 16.6. The summed E-state index contributed by atoms with van der Waals surface area (Å²) in [4.78, 5) is 12.6. The minimum atomic E-state index is -0.512. The van der Waals surface area contributed by atoms with Crippen molar-refractivity contribution in [1.29, 1.82) is 0 Å². The number of aromatic nitrogens is 2. The van der Waals surface area contributed by atoms with Crippen molar-refractivity contribution in [2.45, 2.75) is 13.2 Å². The zero-order valence-corrected chi connectivity index (χ0v) is 20.4. The van der Waals surface area contributed by atoms with Crippen LogP contribution < -0.4 is 10.1 Å². The number of amides is 1. The highest BCUT2D eigenvalue weighted by Crippen LogP contribution is 2.29. The first-order chi connectivity index (χ1) is 15.8. The van der Waals surface area contributed by atoms with Crippen molar-refractivity contribution in [3.8, 4) is 5.75 Å². The standard InChI is InChI=1S/C22H14Cl5N3O3/c23-13-2-1-12(16(25)7-13)9-30-10-18(27)21(29-30)28-22(31)20-6-4-15(33-20)11-32-19-5-3-14(24)8-17(19)26/h1-8,10H,9,11H2,(H,28,29,31). The van der Waals surface area contributed by atoms with Gasteiger partial charge < -0.3 is 14.5 Å². The number of halogens is 5. The highest BCUT2D eigenvalue weighted by Gasteiger charge is 2.17. The molecule has 1 N–H and O–H groups in total. The Morgan fingerprint density at radius 1 is 0.939 bits per heavy atom. The maximum atomic E-state index is 12.6. The monoisotopic (exact) mass is 543 g/mol. The molecule has 2 aromatic carbocycles. The number of carbonyl (C=O) groups is 1. The third-order valence-corrected chi connectivity index (χ3v) is 5.84. The summed E-state index contributed by atoms with van der Waals surface area (Å²) in [5, 5.41) is 9.11. The number of nitrogens with zero attached hydrogens (tertiary/aromatic N) is 2. The number of carbonyl (C=O) groups excluding carboxylic acids is 1. The highest BCUT2D eigenvalue weighted by molar-refractivity contribution is 6.36. The molecule has 0 radical (unpaired) electrons. The van der Waals surface area contributed by atoms with Gasteiger partial charge in [0.15, 0.2) is 11.6 Å². The lowest BCUT2D eigenvalue weighted by Gasteiger charge is -2.06. The summed E-state index contributed by atoms with van der Waals surface area (Å²) >= 11 is 30.3. The largest absolute Gasteiger partial charge is 0.484 e. The summed E-state index contributed by atoms with van der Waals surface area (Å²) < 4.78 is 12.7. The molecule has 33 heavy (non-hydrogen) atoms. The smallest absolute Gasteiger partial charge is 0.292 e. The molecule has 0 aliphatic heterocycles. The molecule has 6 nitrogen and oxygen atoms in total. The zero-order chi connectivity index (χ0) is 23.5. The summed E-state index contributed by atoms with van der Waals surface area (Å²) in [5.74, 6) is 0.625. The van der Waals surface area contributed by atoms with Gasteiger partial charge in [-0.1, -0.05) is 64.1 Å². The van der Waals surface area contributed by atoms with E-state index in [0.29, 0.717) is 38.1 Å². The van der Waals surface area contributed by atoms with Gasteiger partial charge in [0, 0.05) is 21.3 Å². The molecule has 0 fully saturated rings. The van der Waals surface area contributed by atoms with Crippen LogP contribution in [0.4, 0.5) is 5.82 Å². The fraction of sp³-hybridized carbons (Fsp3) is 0.0909. The maximum Gasteiger partial charge on any atom is 0.292 e. The van der Waals surface area contributed by atoms with Gasteiger partial charge in [-0.15, -0.1) is 0 Å². The predicted molar refractivity (Wildman–Crippen MR) is 130 cm³/mol. The summed E-state index contributed by atoms with van der Waals surface area (Å²) in [6, 6.07) is 13.2. The molecule has 0 spiro atoms. The first-order valence-corrected chi connectivity index (χ1v) is 11.3. The van der Waals surface area contributed by atoms with E-state index in [4.69, 9.17) is 67.2 Å². The first kappa shape index (κ1) is 23.8. The molecule has 0 atom stereocenters. The molecule has 170 valence electrons. The van der Waals surface area contributed by atoms with Crippen LogP contribution in [0.1, 0.15) is 21.9 Å². The first-order valence-electron chi connectivity index (χ1n) is 9.43. The molecule has 0 aliphatic rings. The Morgan fingerprint density at radius 2 is 1.67 bits per heavy atom. The molecule has 0 aliphatic carbocycles. The van der Waals surface area contributed by atoms with Crippen LogP contribution in [0.25, 0.3) is 0 Å². The van der Waals surface area contributed by atoms with E-state index in [-0.39, 0.29) is 23.2 Å². The maximum absolute atomic E-state index is 12.6.